The summed E-state index contributed by atoms with van der Waals surface area (Å²) >= 11 is 0. The van der Waals surface area contributed by atoms with E-state index < -0.39 is 11.6 Å². The molecule has 6 heteroatoms. The molecule has 0 saturated carbocycles. The SMILES string of the molecule is COC(=O)c1ccc(-c2c(Nc3ccc(C)cc3C)oc3c2c(=O)oc2ccccc23)cc1. The number of benzene rings is 3. The van der Waals surface area contributed by atoms with Gasteiger partial charge in [0.25, 0.3) is 0 Å². The van der Waals surface area contributed by atoms with Gasteiger partial charge in [-0.05, 0) is 55.3 Å². The van der Waals surface area contributed by atoms with E-state index in [9.17, 15) is 9.59 Å². The summed E-state index contributed by atoms with van der Waals surface area (Å²) in [7, 11) is 1.34. The van der Waals surface area contributed by atoms with Gasteiger partial charge in [0.2, 0.25) is 5.88 Å². The summed E-state index contributed by atoms with van der Waals surface area (Å²) < 4.78 is 16.7. The second-order valence-electron chi connectivity index (χ2n) is 7.91. The molecule has 0 aliphatic heterocycles. The number of hydrogen-bond donors (Lipinski definition) is 1. The van der Waals surface area contributed by atoms with Gasteiger partial charge in [-0.1, -0.05) is 42.0 Å². The van der Waals surface area contributed by atoms with E-state index in [0.717, 1.165) is 16.8 Å². The first-order valence-corrected chi connectivity index (χ1v) is 10.5. The van der Waals surface area contributed by atoms with Gasteiger partial charge >= 0.3 is 11.6 Å². The molecule has 0 aliphatic carbocycles. The van der Waals surface area contributed by atoms with Crippen molar-refractivity contribution < 1.29 is 18.4 Å². The first-order valence-electron chi connectivity index (χ1n) is 10.5. The maximum atomic E-state index is 13.1. The van der Waals surface area contributed by atoms with Gasteiger partial charge in [-0.3, -0.25) is 0 Å². The molecule has 0 spiro atoms. The van der Waals surface area contributed by atoms with Crippen LogP contribution in [0.15, 0.2) is 80.4 Å². The second kappa shape index (κ2) is 7.98. The Morgan fingerprint density at radius 1 is 0.939 bits per heavy atom. The van der Waals surface area contributed by atoms with E-state index in [4.69, 9.17) is 13.6 Å². The molecule has 0 unspecified atom stereocenters. The number of fused-ring (bicyclic) bond motifs is 3. The summed E-state index contributed by atoms with van der Waals surface area (Å²) in [5, 5.41) is 4.40. The predicted molar refractivity (Wildman–Crippen MR) is 128 cm³/mol. The summed E-state index contributed by atoms with van der Waals surface area (Å²) in [5.41, 5.74) is 5.14. The average molecular weight is 439 g/mol. The minimum atomic E-state index is -0.492. The van der Waals surface area contributed by atoms with Gasteiger partial charge in [0.1, 0.15) is 11.0 Å². The highest BCUT2D eigenvalue weighted by molar-refractivity contribution is 6.10. The van der Waals surface area contributed by atoms with Crippen molar-refractivity contribution in [1.29, 1.82) is 0 Å². The van der Waals surface area contributed by atoms with E-state index in [1.807, 2.05) is 38.1 Å². The predicted octanol–water partition coefficient (Wildman–Crippen LogP) is 6.35. The molecule has 0 saturated heterocycles. The third-order valence-electron chi connectivity index (χ3n) is 5.67. The molecule has 0 bridgehead atoms. The first-order chi connectivity index (χ1) is 16.0. The third kappa shape index (κ3) is 3.55. The number of esters is 1. The van der Waals surface area contributed by atoms with Gasteiger partial charge in [0.05, 0.1) is 23.6 Å². The number of ether oxygens (including phenoxy) is 1. The Hall–Kier alpha value is -4.32. The highest BCUT2D eigenvalue weighted by atomic mass is 16.5. The number of hydrogen-bond acceptors (Lipinski definition) is 6. The largest absolute Gasteiger partial charge is 0.465 e. The summed E-state index contributed by atoms with van der Waals surface area (Å²) in [4.78, 5) is 24.9. The number of rotatable bonds is 4. The number of furan rings is 1. The van der Waals surface area contributed by atoms with Gasteiger partial charge in [0, 0.05) is 5.69 Å². The van der Waals surface area contributed by atoms with Crippen LogP contribution >= 0.6 is 0 Å². The molecule has 0 atom stereocenters. The van der Waals surface area contributed by atoms with Crippen molar-refractivity contribution in [1.82, 2.24) is 0 Å². The van der Waals surface area contributed by atoms with E-state index in [0.29, 0.717) is 44.5 Å². The molecular formula is C27H21NO5. The van der Waals surface area contributed by atoms with Crippen LogP contribution in [-0.4, -0.2) is 13.1 Å². The zero-order valence-electron chi connectivity index (χ0n) is 18.4. The lowest BCUT2D eigenvalue weighted by Crippen LogP contribution is -2.02. The summed E-state index contributed by atoms with van der Waals surface area (Å²) in [6.07, 6.45) is 0. The molecule has 0 radical (unpaired) electrons. The minimum absolute atomic E-state index is 0.340. The quantitative estimate of drug-likeness (QED) is 0.259. The van der Waals surface area contributed by atoms with Crippen molar-refractivity contribution >= 4 is 39.5 Å². The first kappa shape index (κ1) is 20.6. The Labute approximate surface area is 189 Å². The number of carbonyl (C=O) groups is 1. The van der Waals surface area contributed by atoms with Crippen molar-refractivity contribution in [2.75, 3.05) is 12.4 Å². The lowest BCUT2D eigenvalue weighted by molar-refractivity contribution is 0.0600. The Morgan fingerprint density at radius 3 is 2.42 bits per heavy atom. The average Bonchev–Trinajstić information content (AvgIpc) is 3.20. The van der Waals surface area contributed by atoms with Crippen LogP contribution in [-0.2, 0) is 4.74 Å². The van der Waals surface area contributed by atoms with E-state index in [-0.39, 0.29) is 0 Å². The van der Waals surface area contributed by atoms with Crippen LogP contribution in [0.2, 0.25) is 0 Å². The number of methoxy groups -OCH3 is 1. The van der Waals surface area contributed by atoms with Crippen molar-refractivity contribution in [3.63, 3.8) is 0 Å². The lowest BCUT2D eigenvalue weighted by atomic mass is 10.0. The van der Waals surface area contributed by atoms with Crippen LogP contribution in [0, 0.1) is 13.8 Å². The lowest BCUT2D eigenvalue weighted by Gasteiger charge is -2.10. The third-order valence-corrected chi connectivity index (χ3v) is 5.67. The number of aryl methyl sites for hydroxylation is 2. The number of nitrogens with one attached hydrogen (secondary N) is 1. The summed E-state index contributed by atoms with van der Waals surface area (Å²) in [5.74, 6) is -0.0100. The van der Waals surface area contributed by atoms with Crippen LogP contribution in [0.1, 0.15) is 21.5 Å². The molecule has 5 aromatic rings. The molecule has 33 heavy (non-hydrogen) atoms. The standard InChI is InChI=1S/C27H21NO5/c1-15-8-13-20(16(2)14-15)28-25-22(17-9-11-18(12-10-17)26(29)31-3)23-24(33-25)19-6-4-5-7-21(19)32-27(23)30/h4-14,28H,1-3H3. The Morgan fingerprint density at radius 2 is 1.70 bits per heavy atom. The van der Waals surface area contributed by atoms with Crippen LogP contribution < -0.4 is 10.9 Å². The van der Waals surface area contributed by atoms with Crippen LogP contribution in [0.25, 0.3) is 33.1 Å². The van der Waals surface area contributed by atoms with Crippen molar-refractivity contribution in [2.45, 2.75) is 13.8 Å². The van der Waals surface area contributed by atoms with Gasteiger partial charge in [-0.2, -0.15) is 0 Å². The molecule has 3 aromatic carbocycles. The van der Waals surface area contributed by atoms with Gasteiger partial charge in [0.15, 0.2) is 5.58 Å². The van der Waals surface area contributed by atoms with Gasteiger partial charge < -0.3 is 18.9 Å². The normalized spacial score (nSPS) is 11.1. The fourth-order valence-electron chi connectivity index (χ4n) is 4.04. The highest BCUT2D eigenvalue weighted by Gasteiger charge is 2.23. The van der Waals surface area contributed by atoms with Crippen molar-refractivity contribution in [3.05, 3.63) is 93.8 Å². The topological polar surface area (TPSA) is 81.7 Å². The Bertz CT molecular complexity index is 1570. The molecule has 0 aliphatic rings. The molecule has 2 aromatic heterocycles. The summed E-state index contributed by atoms with van der Waals surface area (Å²) in [6.45, 7) is 4.04. The fourth-order valence-corrected chi connectivity index (χ4v) is 4.04. The fraction of sp³-hybridized carbons (Fsp3) is 0.111. The number of carbonyl (C=O) groups excluding carboxylic acids is 1. The Balaban J connectivity index is 1.77. The van der Waals surface area contributed by atoms with E-state index in [1.165, 1.54) is 7.11 Å². The maximum absolute atomic E-state index is 13.1. The van der Waals surface area contributed by atoms with Crippen LogP contribution in [0.5, 0.6) is 0 Å². The molecule has 2 heterocycles. The Kier molecular flexibility index (Phi) is 4.98. The molecular weight excluding hydrogens is 418 g/mol. The summed E-state index contributed by atoms with van der Waals surface area (Å²) in [6, 6.07) is 20.2. The maximum Gasteiger partial charge on any atom is 0.348 e. The van der Waals surface area contributed by atoms with Gasteiger partial charge in [-0.15, -0.1) is 0 Å². The molecule has 164 valence electrons. The zero-order valence-corrected chi connectivity index (χ0v) is 18.4. The number of para-hydroxylation sites is 1. The van der Waals surface area contributed by atoms with Crippen LogP contribution in [0.4, 0.5) is 11.6 Å². The second-order valence-corrected chi connectivity index (χ2v) is 7.91. The molecule has 1 N–H and O–H groups in total. The highest BCUT2D eigenvalue weighted by Crippen LogP contribution is 2.41. The molecule has 6 nitrogen and oxygen atoms in total. The monoisotopic (exact) mass is 439 g/mol. The molecule has 5 rings (SSSR count). The molecule has 0 fully saturated rings. The van der Waals surface area contributed by atoms with Gasteiger partial charge in [-0.25, -0.2) is 9.59 Å². The van der Waals surface area contributed by atoms with E-state index in [2.05, 4.69) is 11.4 Å². The molecule has 0 amide bonds. The van der Waals surface area contributed by atoms with E-state index in [1.54, 1.807) is 36.4 Å². The van der Waals surface area contributed by atoms with Crippen molar-refractivity contribution in [2.24, 2.45) is 0 Å². The smallest absolute Gasteiger partial charge is 0.348 e. The van der Waals surface area contributed by atoms with Crippen molar-refractivity contribution in [3.8, 4) is 11.1 Å². The minimum Gasteiger partial charge on any atom is -0.465 e. The zero-order chi connectivity index (χ0) is 23.1. The van der Waals surface area contributed by atoms with Crippen LogP contribution in [0.3, 0.4) is 0 Å². The van der Waals surface area contributed by atoms with E-state index >= 15 is 0 Å². The number of anilines is 2.